The second kappa shape index (κ2) is 7.54. The van der Waals surface area contributed by atoms with Gasteiger partial charge in [-0.2, -0.15) is 0 Å². The van der Waals surface area contributed by atoms with Gasteiger partial charge >= 0.3 is 11.7 Å². The Morgan fingerprint density at radius 3 is 2.75 bits per heavy atom. The van der Waals surface area contributed by atoms with Crippen LogP contribution in [0.1, 0.15) is 20.8 Å². The Hall–Kier alpha value is -3.02. The fraction of sp³-hybridized carbons (Fsp3) is 0.312. The summed E-state index contributed by atoms with van der Waals surface area (Å²) in [7, 11) is 0. The average Bonchev–Trinajstić information content (AvgIpc) is 3.20. The lowest BCUT2D eigenvalue weighted by Crippen LogP contribution is -2.28. The van der Waals surface area contributed by atoms with Crippen LogP contribution < -0.4 is 11.1 Å². The summed E-state index contributed by atoms with van der Waals surface area (Å²) in [6.45, 7) is 5.00. The molecule has 0 unspecified atom stereocenters. The second-order valence-corrected chi connectivity index (χ2v) is 7.46. The van der Waals surface area contributed by atoms with E-state index in [1.807, 2.05) is 0 Å². The van der Waals surface area contributed by atoms with E-state index in [9.17, 15) is 14.0 Å². The molecular formula is C16H15BrFN5O5. The molecule has 148 valence electrons. The lowest BCUT2D eigenvalue weighted by molar-refractivity contribution is -0.152. The number of ether oxygens (including phenoxy) is 1. The van der Waals surface area contributed by atoms with Crippen LogP contribution in [0.3, 0.4) is 0 Å². The van der Waals surface area contributed by atoms with Crippen molar-refractivity contribution in [1.82, 2.24) is 20.0 Å². The first-order valence-electron chi connectivity index (χ1n) is 7.98. The maximum Gasteiger partial charge on any atom is 0.446 e. The fourth-order valence-corrected chi connectivity index (χ4v) is 2.60. The molecule has 3 rings (SSSR count). The molecule has 0 aliphatic carbocycles. The van der Waals surface area contributed by atoms with Gasteiger partial charge in [-0.3, -0.25) is 9.32 Å². The number of carbonyl (C=O) groups excluding carboxylic acids is 1. The van der Waals surface area contributed by atoms with E-state index in [1.165, 1.54) is 18.2 Å². The largest absolute Gasteiger partial charge is 0.459 e. The molecule has 0 amide bonds. The number of anilines is 1. The van der Waals surface area contributed by atoms with E-state index in [2.05, 4.69) is 36.7 Å². The van der Waals surface area contributed by atoms with Crippen molar-refractivity contribution < 1.29 is 23.1 Å². The summed E-state index contributed by atoms with van der Waals surface area (Å²) in [4.78, 5) is 24.0. The van der Waals surface area contributed by atoms with Crippen LogP contribution >= 0.6 is 15.9 Å². The summed E-state index contributed by atoms with van der Waals surface area (Å²) in [6.07, 6.45) is 0. The van der Waals surface area contributed by atoms with Crippen molar-refractivity contribution in [3.63, 3.8) is 0 Å². The van der Waals surface area contributed by atoms with Gasteiger partial charge in [0.15, 0.2) is 5.69 Å². The Morgan fingerprint density at radius 1 is 1.32 bits per heavy atom. The SMILES string of the molecule is CC(C)(C)OC(=O)CNc1nonc1-c1noc(=O)n1-c1ccc(F)c(Br)c1. The maximum atomic E-state index is 13.5. The highest BCUT2D eigenvalue weighted by molar-refractivity contribution is 9.10. The highest BCUT2D eigenvalue weighted by atomic mass is 79.9. The van der Waals surface area contributed by atoms with Gasteiger partial charge in [0, 0.05) is 0 Å². The molecule has 0 saturated heterocycles. The third-order valence-corrected chi connectivity index (χ3v) is 3.89. The normalized spacial score (nSPS) is 11.5. The Labute approximate surface area is 165 Å². The molecule has 0 aliphatic heterocycles. The molecule has 1 N–H and O–H groups in total. The molecule has 28 heavy (non-hydrogen) atoms. The van der Waals surface area contributed by atoms with Crippen LogP contribution in [0.5, 0.6) is 0 Å². The zero-order valence-corrected chi connectivity index (χ0v) is 16.6. The third-order valence-electron chi connectivity index (χ3n) is 3.29. The van der Waals surface area contributed by atoms with Crippen molar-refractivity contribution in [2.45, 2.75) is 26.4 Å². The van der Waals surface area contributed by atoms with Crippen molar-refractivity contribution in [2.75, 3.05) is 11.9 Å². The lowest BCUT2D eigenvalue weighted by atomic mass is 10.2. The Morgan fingerprint density at radius 2 is 2.07 bits per heavy atom. The first kappa shape index (κ1) is 19.7. The van der Waals surface area contributed by atoms with E-state index in [4.69, 9.17) is 13.9 Å². The number of benzene rings is 1. The maximum absolute atomic E-state index is 13.5. The highest BCUT2D eigenvalue weighted by Crippen LogP contribution is 2.26. The van der Waals surface area contributed by atoms with Crippen molar-refractivity contribution >= 4 is 27.7 Å². The number of carbonyl (C=O) groups is 1. The number of hydrogen-bond donors (Lipinski definition) is 1. The minimum Gasteiger partial charge on any atom is -0.459 e. The molecule has 1 aromatic carbocycles. The molecule has 0 saturated carbocycles. The van der Waals surface area contributed by atoms with Gasteiger partial charge in [0.25, 0.3) is 0 Å². The number of aromatic nitrogens is 4. The molecule has 0 radical (unpaired) electrons. The van der Waals surface area contributed by atoms with Crippen LogP contribution in [0.4, 0.5) is 10.2 Å². The van der Waals surface area contributed by atoms with Gasteiger partial charge in [-0.15, -0.1) is 0 Å². The molecular weight excluding hydrogens is 441 g/mol. The number of halogens is 2. The Balaban J connectivity index is 1.90. The van der Waals surface area contributed by atoms with Crippen LogP contribution in [0.25, 0.3) is 17.2 Å². The lowest BCUT2D eigenvalue weighted by Gasteiger charge is -2.19. The summed E-state index contributed by atoms with van der Waals surface area (Å²) in [5.74, 6) is -1.85. The van der Waals surface area contributed by atoms with Crippen molar-refractivity contribution in [3.8, 4) is 17.2 Å². The number of nitrogens with zero attached hydrogens (tertiary/aromatic N) is 4. The predicted molar refractivity (Wildman–Crippen MR) is 97.4 cm³/mol. The van der Waals surface area contributed by atoms with Crippen LogP contribution in [-0.2, 0) is 9.53 Å². The van der Waals surface area contributed by atoms with E-state index >= 15 is 0 Å². The van der Waals surface area contributed by atoms with Gasteiger partial charge in [0.1, 0.15) is 18.0 Å². The minimum atomic E-state index is -0.824. The number of nitrogens with one attached hydrogen (secondary N) is 1. The number of rotatable bonds is 5. The summed E-state index contributed by atoms with van der Waals surface area (Å²) in [6, 6.07) is 3.91. The first-order chi connectivity index (χ1) is 13.2. The van der Waals surface area contributed by atoms with Crippen molar-refractivity contribution in [2.24, 2.45) is 0 Å². The van der Waals surface area contributed by atoms with E-state index in [1.54, 1.807) is 20.8 Å². The third kappa shape index (κ3) is 4.27. The van der Waals surface area contributed by atoms with Crippen molar-refractivity contribution in [3.05, 3.63) is 39.0 Å². The molecule has 0 fully saturated rings. The van der Waals surface area contributed by atoms with Gasteiger partial charge in [-0.05, 0) is 65.2 Å². The van der Waals surface area contributed by atoms with Crippen LogP contribution in [-0.4, -0.2) is 38.2 Å². The Bertz CT molecular complexity index is 1070. The highest BCUT2D eigenvalue weighted by Gasteiger charge is 2.24. The van der Waals surface area contributed by atoms with Gasteiger partial charge in [0.2, 0.25) is 11.6 Å². The standard InChI is InChI=1S/C16H15BrFN5O5/c1-16(2,3)26-11(24)7-19-13-12(20-28-21-13)14-22-27-15(25)23(14)8-4-5-10(18)9(17)6-8/h4-6H,7H2,1-3H3,(H,19,21). The molecule has 2 aromatic heterocycles. The summed E-state index contributed by atoms with van der Waals surface area (Å²) >= 11 is 3.06. The summed E-state index contributed by atoms with van der Waals surface area (Å²) in [5, 5.41) is 13.8. The van der Waals surface area contributed by atoms with E-state index in [0.717, 1.165) is 4.57 Å². The minimum absolute atomic E-state index is 0.0230. The Kier molecular flexibility index (Phi) is 5.31. The van der Waals surface area contributed by atoms with Crippen LogP contribution in [0.2, 0.25) is 0 Å². The number of esters is 1. The second-order valence-electron chi connectivity index (χ2n) is 6.61. The van der Waals surface area contributed by atoms with E-state index in [0.29, 0.717) is 0 Å². The van der Waals surface area contributed by atoms with Gasteiger partial charge < -0.3 is 10.1 Å². The molecule has 10 nitrogen and oxygen atoms in total. The van der Waals surface area contributed by atoms with Gasteiger partial charge in [-0.25, -0.2) is 18.4 Å². The molecule has 2 heterocycles. The molecule has 12 heteroatoms. The fourth-order valence-electron chi connectivity index (χ4n) is 2.24. The summed E-state index contributed by atoms with van der Waals surface area (Å²) in [5.41, 5.74) is -0.350. The topological polar surface area (TPSA) is 125 Å². The predicted octanol–water partition coefficient (Wildman–Crippen LogP) is 2.53. The summed E-state index contributed by atoms with van der Waals surface area (Å²) < 4.78 is 29.3. The average molecular weight is 456 g/mol. The van der Waals surface area contributed by atoms with Gasteiger partial charge in [0.05, 0.1) is 10.2 Å². The zero-order chi connectivity index (χ0) is 20.5. The first-order valence-corrected chi connectivity index (χ1v) is 8.78. The molecule has 0 bridgehead atoms. The molecule has 0 aliphatic rings. The zero-order valence-electron chi connectivity index (χ0n) is 15.0. The van der Waals surface area contributed by atoms with Crippen LogP contribution in [0, 0.1) is 5.82 Å². The van der Waals surface area contributed by atoms with Gasteiger partial charge in [-0.1, -0.05) is 5.16 Å². The molecule has 0 spiro atoms. The van der Waals surface area contributed by atoms with E-state index < -0.39 is 23.1 Å². The molecule has 0 atom stereocenters. The quantitative estimate of drug-likeness (QED) is 0.577. The van der Waals surface area contributed by atoms with Crippen LogP contribution in [0.15, 0.2) is 36.6 Å². The monoisotopic (exact) mass is 455 g/mol. The van der Waals surface area contributed by atoms with Crippen molar-refractivity contribution in [1.29, 1.82) is 0 Å². The molecule has 3 aromatic rings. The smallest absolute Gasteiger partial charge is 0.446 e. The van der Waals surface area contributed by atoms with E-state index in [-0.39, 0.29) is 34.0 Å². The number of hydrogen-bond acceptors (Lipinski definition) is 9.